The normalized spacial score (nSPS) is 37.9. The highest BCUT2D eigenvalue weighted by Gasteiger charge is 2.47. The second-order valence-corrected chi connectivity index (χ2v) is 4.50. The smallest absolute Gasteiger partial charge is 0.307 e. The van der Waals surface area contributed by atoms with E-state index in [0.717, 1.165) is 12.8 Å². The van der Waals surface area contributed by atoms with Gasteiger partial charge in [-0.15, -0.1) is 0 Å². The van der Waals surface area contributed by atoms with Gasteiger partial charge in [0.25, 0.3) is 0 Å². The van der Waals surface area contributed by atoms with Crippen molar-refractivity contribution >= 4 is 11.8 Å². The molecule has 1 N–H and O–H groups in total. The van der Waals surface area contributed by atoms with E-state index >= 15 is 0 Å². The van der Waals surface area contributed by atoms with Gasteiger partial charge in [-0.2, -0.15) is 0 Å². The van der Waals surface area contributed by atoms with Crippen LogP contribution in [0.2, 0.25) is 0 Å². The number of carbonyl (C=O) groups excluding carboxylic acids is 1. The van der Waals surface area contributed by atoms with Crippen molar-refractivity contribution in [2.45, 2.75) is 26.2 Å². The maximum absolute atomic E-state index is 11.8. The number of carbonyl (C=O) groups is 2. The Labute approximate surface area is 89.2 Å². The largest absolute Gasteiger partial charge is 0.481 e. The molecule has 1 fully saturated rings. The average molecular weight is 208 g/mol. The molecule has 0 aromatic heterocycles. The van der Waals surface area contributed by atoms with Crippen LogP contribution in [0.25, 0.3) is 0 Å². The van der Waals surface area contributed by atoms with Crippen molar-refractivity contribution in [3.8, 4) is 0 Å². The fraction of sp³-hybridized carbons (Fsp3) is 0.667. The minimum Gasteiger partial charge on any atom is -0.481 e. The molecule has 3 heteroatoms. The zero-order chi connectivity index (χ0) is 11.0. The highest BCUT2D eigenvalue weighted by molar-refractivity contribution is 5.87. The number of aliphatic carboxylic acids is 1. The van der Waals surface area contributed by atoms with Gasteiger partial charge in [-0.25, -0.2) is 0 Å². The summed E-state index contributed by atoms with van der Waals surface area (Å²) in [6.45, 7) is 1.81. The fourth-order valence-corrected chi connectivity index (χ4v) is 3.01. The summed E-state index contributed by atoms with van der Waals surface area (Å²) >= 11 is 0. The van der Waals surface area contributed by atoms with E-state index in [2.05, 4.69) is 0 Å². The van der Waals surface area contributed by atoms with Crippen LogP contribution in [0.3, 0.4) is 0 Å². The quantitative estimate of drug-likeness (QED) is 0.720. The second-order valence-electron chi connectivity index (χ2n) is 4.50. The third-order valence-electron chi connectivity index (χ3n) is 3.75. The van der Waals surface area contributed by atoms with Crippen molar-refractivity contribution < 1.29 is 14.7 Å². The van der Waals surface area contributed by atoms with Crippen LogP contribution in [0.4, 0.5) is 0 Å². The molecule has 0 aromatic carbocycles. The summed E-state index contributed by atoms with van der Waals surface area (Å²) in [6, 6.07) is 0. The first-order valence-corrected chi connectivity index (χ1v) is 5.59. The first kappa shape index (κ1) is 10.4. The first-order valence-electron chi connectivity index (χ1n) is 5.59. The van der Waals surface area contributed by atoms with Crippen molar-refractivity contribution in [1.29, 1.82) is 0 Å². The molecule has 0 saturated heterocycles. The molecule has 0 amide bonds. The van der Waals surface area contributed by atoms with Crippen LogP contribution in [0.1, 0.15) is 26.2 Å². The second kappa shape index (κ2) is 3.80. The molecule has 0 radical (unpaired) electrons. The summed E-state index contributed by atoms with van der Waals surface area (Å²) in [5, 5.41) is 9.19. The molecule has 1 saturated carbocycles. The van der Waals surface area contributed by atoms with Gasteiger partial charge >= 0.3 is 5.97 Å². The lowest BCUT2D eigenvalue weighted by molar-refractivity contribution is -0.152. The molecule has 15 heavy (non-hydrogen) atoms. The summed E-state index contributed by atoms with van der Waals surface area (Å²) in [7, 11) is 0. The lowest BCUT2D eigenvalue weighted by Crippen LogP contribution is -2.44. The monoisotopic (exact) mass is 208 g/mol. The Morgan fingerprint density at radius 2 is 1.73 bits per heavy atom. The van der Waals surface area contributed by atoms with Crippen LogP contribution in [0.5, 0.6) is 0 Å². The first-order chi connectivity index (χ1) is 7.15. The van der Waals surface area contributed by atoms with Gasteiger partial charge in [-0.1, -0.05) is 19.1 Å². The number of fused-ring (bicyclic) bond motifs is 2. The number of hydrogen-bond donors (Lipinski definition) is 1. The molecule has 82 valence electrons. The molecule has 4 atom stereocenters. The summed E-state index contributed by atoms with van der Waals surface area (Å²) in [5.41, 5.74) is 0. The zero-order valence-electron chi connectivity index (χ0n) is 8.85. The van der Waals surface area contributed by atoms with Gasteiger partial charge < -0.3 is 5.11 Å². The van der Waals surface area contributed by atoms with Crippen molar-refractivity contribution in [3.05, 3.63) is 12.2 Å². The third kappa shape index (κ3) is 1.60. The summed E-state index contributed by atoms with van der Waals surface area (Å²) in [5.74, 6) is -1.18. The summed E-state index contributed by atoms with van der Waals surface area (Å²) < 4.78 is 0. The van der Waals surface area contributed by atoms with Crippen molar-refractivity contribution in [2.75, 3.05) is 0 Å². The molecule has 0 aliphatic heterocycles. The number of ketones is 1. The molecule has 3 rings (SSSR count). The van der Waals surface area contributed by atoms with E-state index in [9.17, 15) is 14.7 Å². The van der Waals surface area contributed by atoms with Gasteiger partial charge in [0.2, 0.25) is 0 Å². The summed E-state index contributed by atoms with van der Waals surface area (Å²) in [4.78, 5) is 23.0. The molecule has 3 aliphatic carbocycles. The minimum absolute atomic E-state index is 0.0769. The molecule has 0 spiro atoms. The zero-order valence-corrected chi connectivity index (χ0v) is 8.85. The average Bonchev–Trinajstić information content (AvgIpc) is 2.28. The summed E-state index contributed by atoms with van der Waals surface area (Å²) in [6.07, 6.45) is 6.39. The number of carboxylic acids is 1. The fourth-order valence-electron chi connectivity index (χ4n) is 3.01. The Bertz CT molecular complexity index is 319. The molecule has 2 bridgehead atoms. The van der Waals surface area contributed by atoms with Gasteiger partial charge in [-0.05, 0) is 24.7 Å². The van der Waals surface area contributed by atoms with Crippen LogP contribution in [0.15, 0.2) is 12.2 Å². The molecule has 0 unspecified atom stereocenters. The molecule has 3 nitrogen and oxygen atoms in total. The standard InChI is InChI=1S/C12H16O3/c1-2-9(13)10-7-3-5-8(6-4-7)11(10)12(14)15/h3,5,7-8,10-11H,2,4,6H2,1H3,(H,14,15)/t7-,8+,10+,11+/m1/s1. The number of Topliss-reactive ketones (excluding diaryl/α,β-unsaturated/α-hetero) is 1. The van der Waals surface area contributed by atoms with Crippen LogP contribution in [-0.4, -0.2) is 16.9 Å². The van der Waals surface area contributed by atoms with Crippen molar-refractivity contribution in [1.82, 2.24) is 0 Å². The van der Waals surface area contributed by atoms with E-state index in [4.69, 9.17) is 0 Å². The van der Waals surface area contributed by atoms with E-state index in [1.165, 1.54) is 0 Å². The highest BCUT2D eigenvalue weighted by atomic mass is 16.4. The Kier molecular flexibility index (Phi) is 2.63. The van der Waals surface area contributed by atoms with Gasteiger partial charge in [0, 0.05) is 12.3 Å². The molecular weight excluding hydrogens is 192 g/mol. The Balaban J connectivity index is 2.30. The van der Waals surface area contributed by atoms with Crippen LogP contribution < -0.4 is 0 Å². The molecule has 0 aromatic rings. The Morgan fingerprint density at radius 3 is 2.13 bits per heavy atom. The van der Waals surface area contributed by atoms with E-state index in [1.807, 2.05) is 19.1 Å². The van der Waals surface area contributed by atoms with Crippen molar-refractivity contribution in [3.63, 3.8) is 0 Å². The highest BCUT2D eigenvalue weighted by Crippen LogP contribution is 2.45. The maximum Gasteiger partial charge on any atom is 0.307 e. The number of rotatable bonds is 3. The number of allylic oxidation sites excluding steroid dienone is 2. The molecule has 0 heterocycles. The van der Waals surface area contributed by atoms with Gasteiger partial charge in [0.15, 0.2) is 0 Å². The molecule has 3 aliphatic rings. The predicted molar refractivity (Wildman–Crippen MR) is 55.3 cm³/mol. The maximum atomic E-state index is 11.8. The SMILES string of the molecule is CCC(=O)[C@H]1[C@@H](C(=O)O)[C@H]2C=C[C@@H]1CC2. The van der Waals surface area contributed by atoms with E-state index < -0.39 is 11.9 Å². The molecular formula is C12H16O3. The van der Waals surface area contributed by atoms with Gasteiger partial charge in [-0.3, -0.25) is 9.59 Å². The lowest BCUT2D eigenvalue weighted by atomic mass is 9.61. The van der Waals surface area contributed by atoms with Crippen LogP contribution >= 0.6 is 0 Å². The van der Waals surface area contributed by atoms with Gasteiger partial charge in [0.1, 0.15) is 5.78 Å². The van der Waals surface area contributed by atoms with E-state index in [-0.39, 0.29) is 23.5 Å². The van der Waals surface area contributed by atoms with Gasteiger partial charge in [0.05, 0.1) is 5.92 Å². The number of carboxylic acid groups (broad SMARTS) is 1. The van der Waals surface area contributed by atoms with Crippen LogP contribution in [-0.2, 0) is 9.59 Å². The van der Waals surface area contributed by atoms with E-state index in [0.29, 0.717) is 6.42 Å². The number of hydrogen-bond acceptors (Lipinski definition) is 2. The van der Waals surface area contributed by atoms with E-state index in [1.54, 1.807) is 0 Å². The van der Waals surface area contributed by atoms with Crippen LogP contribution in [0, 0.1) is 23.7 Å². The Morgan fingerprint density at radius 1 is 1.20 bits per heavy atom. The van der Waals surface area contributed by atoms with Crippen molar-refractivity contribution in [2.24, 2.45) is 23.7 Å². The topological polar surface area (TPSA) is 54.4 Å². The predicted octanol–water partition coefficient (Wildman–Crippen LogP) is 1.88. The minimum atomic E-state index is -0.805. The lowest BCUT2D eigenvalue weighted by Gasteiger charge is -2.41. The Hall–Kier alpha value is -1.12. The third-order valence-corrected chi connectivity index (χ3v) is 3.75.